The predicted octanol–water partition coefficient (Wildman–Crippen LogP) is 1.09. The van der Waals surface area contributed by atoms with Crippen LogP contribution in [0.15, 0.2) is 18.2 Å². The maximum atomic E-state index is 13.5. The van der Waals surface area contributed by atoms with E-state index in [0.29, 0.717) is 0 Å². The van der Waals surface area contributed by atoms with E-state index in [-0.39, 0.29) is 51.8 Å². The summed E-state index contributed by atoms with van der Waals surface area (Å²) in [5, 5.41) is 9.63. The maximum Gasteiger partial charge on any atom is 0.258 e. The van der Waals surface area contributed by atoms with Gasteiger partial charge >= 0.3 is 0 Å². The summed E-state index contributed by atoms with van der Waals surface area (Å²) in [4.78, 5) is 27.3. The summed E-state index contributed by atoms with van der Waals surface area (Å²) in [7, 11) is 0. The molecule has 1 aromatic carbocycles. The van der Waals surface area contributed by atoms with E-state index in [9.17, 15) is 14.0 Å². The zero-order valence-corrected chi connectivity index (χ0v) is 19.1. The van der Waals surface area contributed by atoms with Gasteiger partial charge in [-0.2, -0.15) is 0 Å². The third-order valence-electron chi connectivity index (χ3n) is 6.54. The number of nitrogens with zero attached hydrogens (tertiary/aromatic N) is 1. The number of carbonyl (C=O) groups is 2. The molecule has 174 valence electrons. The van der Waals surface area contributed by atoms with Crippen molar-refractivity contribution in [3.63, 3.8) is 0 Å². The van der Waals surface area contributed by atoms with Crippen molar-refractivity contribution in [1.82, 2.24) is 20.9 Å². The molecule has 3 saturated carbocycles. The Bertz CT molecular complexity index is 896. The molecular weight excluding hydrogens is 459 g/mol. The first-order chi connectivity index (χ1) is 15.4. The third-order valence-corrected chi connectivity index (χ3v) is 8.12. The fraction of sp³-hybridized carbons (Fsp3) is 0.619. The Balaban J connectivity index is 1.03. The number of nitrogens with one attached hydrogen (secondary N) is 3. The van der Waals surface area contributed by atoms with Gasteiger partial charge in [-0.1, -0.05) is 11.6 Å². The minimum absolute atomic E-state index is 0.00558. The summed E-state index contributed by atoms with van der Waals surface area (Å²) in [5.74, 6) is 0.172. The van der Waals surface area contributed by atoms with Crippen LogP contribution in [0.4, 0.5) is 4.39 Å². The molecule has 2 saturated heterocycles. The molecule has 2 unspecified atom stereocenters. The van der Waals surface area contributed by atoms with Crippen LogP contribution in [0.3, 0.4) is 0 Å². The van der Waals surface area contributed by atoms with Gasteiger partial charge in [0.05, 0.1) is 24.3 Å². The van der Waals surface area contributed by atoms with Crippen molar-refractivity contribution >= 4 is 35.2 Å². The Morgan fingerprint density at radius 3 is 2.69 bits per heavy atom. The van der Waals surface area contributed by atoms with Gasteiger partial charge in [0.1, 0.15) is 17.1 Å². The number of thioether (sulfide) groups is 1. The molecule has 2 heterocycles. The van der Waals surface area contributed by atoms with Crippen molar-refractivity contribution in [3.8, 4) is 5.75 Å². The smallest absolute Gasteiger partial charge is 0.258 e. The number of ether oxygens (including phenoxy) is 2. The van der Waals surface area contributed by atoms with E-state index in [1.165, 1.54) is 12.1 Å². The van der Waals surface area contributed by atoms with E-state index in [1.807, 2.05) is 0 Å². The second-order valence-electron chi connectivity index (χ2n) is 9.05. The minimum atomic E-state index is -0.590. The average molecular weight is 485 g/mol. The largest absolute Gasteiger partial charge is 0.484 e. The van der Waals surface area contributed by atoms with Gasteiger partial charge in [-0.25, -0.2) is 4.39 Å². The average Bonchev–Trinajstić information content (AvgIpc) is 3.23. The molecule has 6 rings (SSSR count). The number of benzene rings is 1. The van der Waals surface area contributed by atoms with Crippen LogP contribution in [0.1, 0.15) is 19.3 Å². The van der Waals surface area contributed by atoms with Gasteiger partial charge in [-0.05, 0) is 31.4 Å². The van der Waals surface area contributed by atoms with E-state index in [1.54, 1.807) is 11.8 Å². The normalized spacial score (nSPS) is 33.7. The van der Waals surface area contributed by atoms with Crippen LogP contribution >= 0.6 is 23.4 Å². The molecule has 5 fully saturated rings. The highest BCUT2D eigenvalue weighted by atomic mass is 35.5. The Labute approximate surface area is 194 Å². The van der Waals surface area contributed by atoms with Gasteiger partial charge in [0.25, 0.3) is 5.91 Å². The fourth-order valence-corrected chi connectivity index (χ4v) is 6.50. The molecule has 2 aliphatic heterocycles. The van der Waals surface area contributed by atoms with E-state index in [2.05, 4.69) is 20.9 Å². The minimum Gasteiger partial charge on any atom is -0.484 e. The van der Waals surface area contributed by atoms with Gasteiger partial charge in [-0.15, -0.1) is 11.8 Å². The van der Waals surface area contributed by atoms with Crippen molar-refractivity contribution < 1.29 is 23.5 Å². The van der Waals surface area contributed by atoms with Crippen molar-refractivity contribution in [1.29, 1.82) is 0 Å². The quantitative estimate of drug-likeness (QED) is 0.533. The number of halogens is 2. The van der Waals surface area contributed by atoms with Gasteiger partial charge in [0.15, 0.2) is 6.61 Å². The standard InChI is InChI=1S/C21H26ClFN4O4S/c22-14-2-1-13(7-15(14)23)31-8-17(28)25-20-10-21(11-20,12-20)26-18(29)16-9-32-19(24-16)27-3-5-30-6-4-27/h1-2,7,16,19,24H,3-6,8-12H2,(H,25,28)(H,26,29). The Kier molecular flexibility index (Phi) is 6.00. The van der Waals surface area contributed by atoms with Crippen LogP contribution in [0.25, 0.3) is 0 Å². The summed E-state index contributed by atoms with van der Waals surface area (Å²) >= 11 is 7.40. The summed E-state index contributed by atoms with van der Waals surface area (Å²) in [6.07, 6.45) is 2.17. The Morgan fingerprint density at radius 1 is 1.25 bits per heavy atom. The first-order valence-electron chi connectivity index (χ1n) is 10.8. The summed E-state index contributed by atoms with van der Waals surface area (Å²) in [6.45, 7) is 3.01. The van der Waals surface area contributed by atoms with Crippen LogP contribution in [0, 0.1) is 5.82 Å². The number of rotatable bonds is 7. The summed E-state index contributed by atoms with van der Waals surface area (Å²) < 4.78 is 24.2. The number of hydrogen-bond donors (Lipinski definition) is 3. The predicted molar refractivity (Wildman–Crippen MR) is 118 cm³/mol. The lowest BCUT2D eigenvalue weighted by Crippen LogP contribution is -2.84. The van der Waals surface area contributed by atoms with E-state index in [4.69, 9.17) is 21.1 Å². The molecule has 11 heteroatoms. The van der Waals surface area contributed by atoms with Crippen LogP contribution in [0.5, 0.6) is 5.75 Å². The SMILES string of the molecule is O=C(COc1ccc(Cl)c(F)c1)NC12CC(NC(=O)C3CSC(N4CCOCC4)N3)(C1)C2. The molecule has 8 nitrogen and oxygen atoms in total. The molecule has 3 aliphatic carbocycles. The highest BCUT2D eigenvalue weighted by Crippen LogP contribution is 2.60. The fourth-order valence-electron chi connectivity index (χ4n) is 5.08. The third kappa shape index (κ3) is 4.43. The van der Waals surface area contributed by atoms with Crippen LogP contribution in [0.2, 0.25) is 5.02 Å². The number of carbonyl (C=O) groups excluding carboxylic acids is 2. The molecule has 2 atom stereocenters. The van der Waals surface area contributed by atoms with Crippen molar-refractivity contribution in [2.24, 2.45) is 0 Å². The van der Waals surface area contributed by atoms with E-state index < -0.39 is 5.82 Å². The van der Waals surface area contributed by atoms with E-state index in [0.717, 1.165) is 57.4 Å². The maximum absolute atomic E-state index is 13.5. The van der Waals surface area contributed by atoms with E-state index >= 15 is 0 Å². The zero-order valence-electron chi connectivity index (χ0n) is 17.5. The zero-order chi connectivity index (χ0) is 22.3. The molecule has 3 N–H and O–H groups in total. The monoisotopic (exact) mass is 484 g/mol. The van der Waals surface area contributed by atoms with Crippen molar-refractivity contribution in [2.45, 2.75) is 41.9 Å². The first-order valence-corrected chi connectivity index (χ1v) is 12.2. The molecule has 0 spiro atoms. The van der Waals surface area contributed by atoms with Crippen molar-refractivity contribution in [3.05, 3.63) is 29.0 Å². The topological polar surface area (TPSA) is 91.9 Å². The molecule has 5 aliphatic rings. The molecule has 32 heavy (non-hydrogen) atoms. The number of hydrogen-bond acceptors (Lipinski definition) is 7. The second kappa shape index (κ2) is 8.64. The lowest BCUT2D eigenvalue weighted by Gasteiger charge is -2.70. The van der Waals surface area contributed by atoms with Crippen LogP contribution in [-0.4, -0.2) is 78.0 Å². The molecular formula is C21H26ClFN4O4S. The molecule has 2 bridgehead atoms. The Hall–Kier alpha value is -1.59. The van der Waals surface area contributed by atoms with Crippen molar-refractivity contribution in [2.75, 3.05) is 38.7 Å². The molecule has 2 amide bonds. The lowest BCUT2D eigenvalue weighted by atomic mass is 9.44. The Morgan fingerprint density at radius 2 is 1.97 bits per heavy atom. The van der Waals surface area contributed by atoms with Crippen LogP contribution < -0.4 is 20.7 Å². The first kappa shape index (κ1) is 22.2. The molecule has 0 radical (unpaired) electrons. The number of morpholine rings is 1. The lowest BCUT2D eigenvalue weighted by molar-refractivity contribution is -0.151. The van der Waals surface area contributed by atoms with Gasteiger partial charge in [0.2, 0.25) is 5.91 Å². The summed E-state index contributed by atoms with van der Waals surface area (Å²) in [5.41, 5.74) is -0.330. The van der Waals surface area contributed by atoms with Crippen LogP contribution in [-0.2, 0) is 14.3 Å². The highest BCUT2D eigenvalue weighted by Gasteiger charge is 2.69. The van der Waals surface area contributed by atoms with Gasteiger partial charge in [-0.3, -0.25) is 19.8 Å². The number of amides is 2. The molecule has 0 aromatic heterocycles. The summed E-state index contributed by atoms with van der Waals surface area (Å²) in [6, 6.07) is 3.85. The second-order valence-corrected chi connectivity index (χ2v) is 10.6. The molecule has 1 aromatic rings. The van der Waals surface area contributed by atoms with Gasteiger partial charge < -0.3 is 20.1 Å². The highest BCUT2D eigenvalue weighted by molar-refractivity contribution is 8.00. The van der Waals surface area contributed by atoms with Gasteiger partial charge in [0, 0.05) is 36.0 Å².